The summed E-state index contributed by atoms with van der Waals surface area (Å²) in [5, 5.41) is 7.83. The normalized spacial score (nSPS) is 10.5. The quantitative estimate of drug-likeness (QED) is 0.760. The summed E-state index contributed by atoms with van der Waals surface area (Å²) >= 11 is 0.110. The third kappa shape index (κ3) is 2.53. The zero-order chi connectivity index (χ0) is 10.9. The van der Waals surface area contributed by atoms with Crippen LogP contribution < -0.4 is 4.87 Å². The number of hydrogen-bond donors (Lipinski definition) is 1. The van der Waals surface area contributed by atoms with Gasteiger partial charge >= 0.3 is 11.0 Å². The van der Waals surface area contributed by atoms with E-state index < -0.39 is 28.4 Å². The van der Waals surface area contributed by atoms with Gasteiger partial charge in [0.15, 0.2) is 5.69 Å². The van der Waals surface area contributed by atoms with Gasteiger partial charge in [0.25, 0.3) is 0 Å². The van der Waals surface area contributed by atoms with E-state index >= 15 is 0 Å². The van der Waals surface area contributed by atoms with Crippen LogP contribution in [-0.4, -0.2) is 9.67 Å². The predicted octanol–water partition coefficient (Wildman–Crippen LogP) is 1.90. The Kier molecular flexibility index (Phi) is 3.98. The van der Waals surface area contributed by atoms with Gasteiger partial charge in [-0.25, -0.2) is 0 Å². The third-order valence-corrected chi connectivity index (χ3v) is 2.18. The van der Waals surface area contributed by atoms with Crippen LogP contribution in [0.25, 0.3) is 0 Å². The van der Waals surface area contributed by atoms with Gasteiger partial charge in [-0.2, -0.15) is 13.2 Å². The molecule has 1 aromatic rings. The van der Waals surface area contributed by atoms with Crippen LogP contribution >= 0.6 is 11.3 Å². The summed E-state index contributed by atoms with van der Waals surface area (Å²) in [7, 11) is 0. The monoisotopic (exact) mass is 239 g/mol. The van der Waals surface area contributed by atoms with Crippen LogP contribution in [0.1, 0.15) is 13.1 Å². The summed E-state index contributed by atoms with van der Waals surface area (Å²) in [5.41, 5.74) is -1.38. The van der Waals surface area contributed by atoms with E-state index in [4.69, 9.17) is 11.5 Å². The fourth-order valence-electron chi connectivity index (χ4n) is 0.902. The highest BCUT2D eigenvalue weighted by Crippen LogP contribution is 2.36. The minimum atomic E-state index is -4.78. The Labute approximate surface area is 87.8 Å². The molecule has 1 aromatic heterocycles. The van der Waals surface area contributed by atoms with Crippen molar-refractivity contribution in [3.8, 4) is 17.4 Å². The summed E-state index contributed by atoms with van der Waals surface area (Å²) < 4.78 is 37.1. The lowest BCUT2D eigenvalue weighted by atomic mass is 10.4. The van der Waals surface area contributed by atoms with Crippen molar-refractivity contribution >= 4 is 11.3 Å². The van der Waals surface area contributed by atoms with E-state index in [9.17, 15) is 18.0 Å². The second-order valence-corrected chi connectivity index (χ2v) is 3.25. The van der Waals surface area contributed by atoms with Gasteiger partial charge in [0.05, 0.1) is 6.54 Å². The van der Waals surface area contributed by atoms with Crippen LogP contribution in [0.4, 0.5) is 13.2 Å². The van der Waals surface area contributed by atoms with Gasteiger partial charge in [-0.3, -0.25) is 9.36 Å². The van der Waals surface area contributed by atoms with Crippen LogP contribution in [0.15, 0.2) is 4.79 Å². The lowest BCUT2D eigenvalue weighted by molar-refractivity contribution is -0.144. The molecular formula is C8H8F3NO2S. The van der Waals surface area contributed by atoms with Crippen molar-refractivity contribution in [3.05, 3.63) is 15.4 Å². The zero-order valence-electron chi connectivity index (χ0n) is 6.63. The molecule has 0 bridgehead atoms. The molecule has 0 spiro atoms. The highest BCUT2D eigenvalue weighted by atomic mass is 32.1. The number of terminal acetylenes is 1. The molecule has 0 saturated carbocycles. The second kappa shape index (κ2) is 4.40. The van der Waals surface area contributed by atoms with E-state index in [0.29, 0.717) is 4.57 Å². The molecule has 0 amide bonds. The Bertz CT molecular complexity index is 438. The Morgan fingerprint density at radius 2 is 2.07 bits per heavy atom. The van der Waals surface area contributed by atoms with E-state index in [1.807, 2.05) is 5.92 Å². The Balaban J connectivity index is 0.00000196. The summed E-state index contributed by atoms with van der Waals surface area (Å²) in [5.74, 6) is 1.91. The Morgan fingerprint density at radius 3 is 2.47 bits per heavy atom. The van der Waals surface area contributed by atoms with E-state index in [2.05, 4.69) is 0 Å². The maximum Gasteiger partial charge on any atom is 0.436 e. The molecule has 1 heterocycles. The molecule has 7 heteroatoms. The first-order valence-corrected chi connectivity index (χ1v) is 4.13. The van der Waals surface area contributed by atoms with Gasteiger partial charge in [-0.15, -0.1) is 6.42 Å². The van der Waals surface area contributed by atoms with Crippen LogP contribution in [0, 0.1) is 12.3 Å². The van der Waals surface area contributed by atoms with E-state index in [1.165, 1.54) is 0 Å². The molecule has 84 valence electrons. The van der Waals surface area contributed by atoms with Crippen molar-refractivity contribution in [3.63, 3.8) is 0 Å². The molecule has 0 radical (unpaired) electrons. The molecule has 15 heavy (non-hydrogen) atoms. The van der Waals surface area contributed by atoms with Crippen molar-refractivity contribution in [2.75, 3.05) is 0 Å². The number of rotatable bonds is 1. The maximum atomic E-state index is 12.3. The SMILES string of the molecule is C.C#CCn1c(C(F)(F)F)c(O)sc1=O. The minimum Gasteiger partial charge on any atom is -0.498 e. The molecular weight excluding hydrogens is 231 g/mol. The Hall–Kier alpha value is -1.42. The summed E-state index contributed by atoms with van der Waals surface area (Å²) in [6, 6.07) is 0. The first-order chi connectivity index (χ1) is 6.38. The number of halogens is 3. The largest absolute Gasteiger partial charge is 0.498 e. The van der Waals surface area contributed by atoms with Gasteiger partial charge in [0.1, 0.15) is 0 Å². The third-order valence-electron chi connectivity index (χ3n) is 1.39. The van der Waals surface area contributed by atoms with Crippen LogP contribution in [0.2, 0.25) is 0 Å². The number of alkyl halides is 3. The molecule has 0 aliphatic carbocycles. The highest BCUT2D eigenvalue weighted by molar-refractivity contribution is 7.11. The fourth-order valence-corrected chi connectivity index (χ4v) is 1.66. The van der Waals surface area contributed by atoms with Gasteiger partial charge in [0, 0.05) is 0 Å². The first kappa shape index (κ1) is 13.6. The number of thiazole rings is 1. The average molecular weight is 239 g/mol. The van der Waals surface area contributed by atoms with Gasteiger partial charge in [-0.05, 0) is 11.3 Å². The Morgan fingerprint density at radius 1 is 1.53 bits per heavy atom. The zero-order valence-corrected chi connectivity index (χ0v) is 7.45. The van der Waals surface area contributed by atoms with E-state index in [1.54, 1.807) is 0 Å². The molecule has 0 atom stereocenters. The van der Waals surface area contributed by atoms with Crippen LogP contribution in [-0.2, 0) is 12.7 Å². The molecule has 0 aliphatic rings. The lowest BCUT2D eigenvalue weighted by Gasteiger charge is -2.07. The maximum absolute atomic E-state index is 12.3. The molecule has 0 aliphatic heterocycles. The van der Waals surface area contributed by atoms with Crippen molar-refractivity contribution < 1.29 is 18.3 Å². The topological polar surface area (TPSA) is 42.2 Å². The highest BCUT2D eigenvalue weighted by Gasteiger charge is 2.39. The van der Waals surface area contributed by atoms with Gasteiger partial charge in [-0.1, -0.05) is 13.3 Å². The fraction of sp³-hybridized carbons (Fsp3) is 0.375. The first-order valence-electron chi connectivity index (χ1n) is 3.31. The number of aromatic hydroxyl groups is 1. The smallest absolute Gasteiger partial charge is 0.436 e. The molecule has 0 aromatic carbocycles. The van der Waals surface area contributed by atoms with Crippen molar-refractivity contribution in [2.45, 2.75) is 20.1 Å². The average Bonchev–Trinajstić information content (AvgIpc) is 2.26. The molecule has 1 rings (SSSR count). The summed E-state index contributed by atoms with van der Waals surface area (Å²) in [6.07, 6.45) is 0.0191. The summed E-state index contributed by atoms with van der Waals surface area (Å²) in [6.45, 7) is -0.509. The van der Waals surface area contributed by atoms with Gasteiger partial charge < -0.3 is 5.11 Å². The molecule has 0 fully saturated rings. The molecule has 1 N–H and O–H groups in total. The van der Waals surface area contributed by atoms with Crippen molar-refractivity contribution in [1.82, 2.24) is 4.57 Å². The van der Waals surface area contributed by atoms with E-state index in [0.717, 1.165) is 0 Å². The number of aromatic nitrogens is 1. The predicted molar refractivity (Wildman–Crippen MR) is 50.8 cm³/mol. The van der Waals surface area contributed by atoms with Gasteiger partial charge in [0.2, 0.25) is 5.06 Å². The number of hydrogen-bond acceptors (Lipinski definition) is 3. The molecule has 0 unspecified atom stereocenters. The summed E-state index contributed by atoms with van der Waals surface area (Å²) in [4.78, 5) is 10.0. The van der Waals surface area contributed by atoms with Crippen molar-refractivity contribution in [1.29, 1.82) is 0 Å². The van der Waals surface area contributed by atoms with Crippen LogP contribution in [0.5, 0.6) is 5.06 Å². The van der Waals surface area contributed by atoms with Crippen molar-refractivity contribution in [2.24, 2.45) is 0 Å². The van der Waals surface area contributed by atoms with E-state index in [-0.39, 0.29) is 18.8 Å². The van der Waals surface area contributed by atoms with Crippen LogP contribution in [0.3, 0.4) is 0 Å². The lowest BCUT2D eigenvalue weighted by Crippen LogP contribution is -2.20. The molecule has 3 nitrogen and oxygen atoms in total. The second-order valence-electron chi connectivity index (χ2n) is 2.31. The molecule has 0 saturated heterocycles. The minimum absolute atomic E-state index is 0. The standard InChI is InChI=1S/C7H4F3NO2S.CH4/c1-2-3-11-4(7(8,9)10)5(12)14-6(11)13;/h1,12H,3H2;1H4. The number of nitrogens with zero attached hydrogens (tertiary/aromatic N) is 1.